The first-order valence-electron chi connectivity index (χ1n) is 10.2. The van der Waals surface area contributed by atoms with Gasteiger partial charge >= 0.3 is 5.97 Å². The summed E-state index contributed by atoms with van der Waals surface area (Å²) in [5.74, 6) is -0.804. The molecule has 0 saturated heterocycles. The normalized spacial score (nSPS) is 11.1. The molecule has 5 heteroatoms. The molecule has 0 unspecified atom stereocenters. The van der Waals surface area contributed by atoms with Gasteiger partial charge in [-0.2, -0.15) is 10.2 Å². The molecule has 1 aromatic heterocycles. The maximum absolute atomic E-state index is 11.1. The standard InChI is InChI=1S/C26H23N3O2/c1-19-7-9-20(10-8-19)25-17-15-24(16-18-26(30)31)29(25)23-13-11-22(12-14-23)28-27-21-5-3-2-4-6-21/h2-15,17H,16,18H2,1H3,(H,30,31). The Morgan fingerprint density at radius 2 is 1.45 bits per heavy atom. The SMILES string of the molecule is Cc1ccc(-c2ccc(CCC(=O)O)n2-c2ccc(N=Nc3ccccc3)cc2)cc1. The first kappa shape index (κ1) is 20.3. The minimum atomic E-state index is -0.804. The van der Waals surface area contributed by atoms with Crippen LogP contribution in [0.1, 0.15) is 17.7 Å². The van der Waals surface area contributed by atoms with Crippen molar-refractivity contribution < 1.29 is 9.90 Å². The number of carbonyl (C=O) groups is 1. The van der Waals surface area contributed by atoms with Crippen molar-refractivity contribution in [2.24, 2.45) is 10.2 Å². The molecule has 4 rings (SSSR count). The molecule has 1 heterocycles. The molecule has 0 saturated carbocycles. The zero-order valence-corrected chi connectivity index (χ0v) is 17.3. The topological polar surface area (TPSA) is 66.9 Å². The van der Waals surface area contributed by atoms with E-state index in [0.717, 1.165) is 34.0 Å². The third kappa shape index (κ3) is 4.95. The Labute approximate surface area is 181 Å². The molecule has 0 atom stereocenters. The van der Waals surface area contributed by atoms with Crippen molar-refractivity contribution in [3.05, 3.63) is 102 Å². The molecule has 31 heavy (non-hydrogen) atoms. The van der Waals surface area contributed by atoms with Crippen molar-refractivity contribution in [2.45, 2.75) is 19.8 Å². The average Bonchev–Trinajstić information content (AvgIpc) is 3.22. The molecule has 0 aliphatic heterocycles. The van der Waals surface area contributed by atoms with Gasteiger partial charge in [-0.05, 0) is 67.4 Å². The summed E-state index contributed by atoms with van der Waals surface area (Å²) in [7, 11) is 0. The van der Waals surface area contributed by atoms with Crippen LogP contribution in [0.25, 0.3) is 16.9 Å². The molecule has 154 valence electrons. The van der Waals surface area contributed by atoms with Gasteiger partial charge in [-0.1, -0.05) is 48.0 Å². The fraction of sp³-hybridized carbons (Fsp3) is 0.115. The van der Waals surface area contributed by atoms with E-state index in [1.807, 2.05) is 66.7 Å². The van der Waals surface area contributed by atoms with E-state index in [0.29, 0.717) is 6.42 Å². The number of aliphatic carboxylic acids is 1. The maximum atomic E-state index is 11.1. The Morgan fingerprint density at radius 1 is 0.806 bits per heavy atom. The third-order valence-corrected chi connectivity index (χ3v) is 5.05. The number of aromatic nitrogens is 1. The van der Waals surface area contributed by atoms with E-state index in [9.17, 15) is 4.79 Å². The summed E-state index contributed by atoms with van der Waals surface area (Å²) < 4.78 is 2.12. The molecule has 3 aromatic carbocycles. The van der Waals surface area contributed by atoms with Crippen molar-refractivity contribution in [2.75, 3.05) is 0 Å². The highest BCUT2D eigenvalue weighted by molar-refractivity contribution is 5.68. The van der Waals surface area contributed by atoms with Gasteiger partial charge in [0, 0.05) is 11.4 Å². The van der Waals surface area contributed by atoms with Crippen molar-refractivity contribution in [3.8, 4) is 16.9 Å². The first-order chi connectivity index (χ1) is 15.1. The van der Waals surface area contributed by atoms with Gasteiger partial charge < -0.3 is 9.67 Å². The highest BCUT2D eigenvalue weighted by Crippen LogP contribution is 2.29. The van der Waals surface area contributed by atoms with Gasteiger partial charge in [0.25, 0.3) is 0 Å². The maximum Gasteiger partial charge on any atom is 0.303 e. The fourth-order valence-electron chi connectivity index (χ4n) is 3.44. The second-order valence-electron chi connectivity index (χ2n) is 7.36. The lowest BCUT2D eigenvalue weighted by Gasteiger charge is -2.14. The molecule has 0 aliphatic rings. The Bertz CT molecular complexity index is 1190. The fourth-order valence-corrected chi connectivity index (χ4v) is 3.44. The third-order valence-electron chi connectivity index (χ3n) is 5.05. The smallest absolute Gasteiger partial charge is 0.303 e. The number of nitrogens with zero attached hydrogens (tertiary/aromatic N) is 3. The van der Waals surface area contributed by atoms with Crippen LogP contribution in [-0.2, 0) is 11.2 Å². The highest BCUT2D eigenvalue weighted by Gasteiger charge is 2.13. The molecule has 0 fully saturated rings. The summed E-state index contributed by atoms with van der Waals surface area (Å²) >= 11 is 0. The van der Waals surface area contributed by atoms with Gasteiger partial charge in [-0.15, -0.1) is 0 Å². The van der Waals surface area contributed by atoms with E-state index in [4.69, 9.17) is 5.11 Å². The Hall–Kier alpha value is -3.99. The van der Waals surface area contributed by atoms with Crippen LogP contribution >= 0.6 is 0 Å². The minimum absolute atomic E-state index is 0.0841. The van der Waals surface area contributed by atoms with Gasteiger partial charge in [0.1, 0.15) is 0 Å². The van der Waals surface area contributed by atoms with E-state index in [2.05, 4.69) is 46.0 Å². The summed E-state index contributed by atoms with van der Waals surface area (Å²) in [6, 6.07) is 29.8. The molecular formula is C26H23N3O2. The predicted molar refractivity (Wildman–Crippen MR) is 123 cm³/mol. The lowest BCUT2D eigenvalue weighted by molar-refractivity contribution is -0.136. The van der Waals surface area contributed by atoms with Gasteiger partial charge in [-0.3, -0.25) is 4.79 Å². The van der Waals surface area contributed by atoms with E-state index in [-0.39, 0.29) is 6.42 Å². The van der Waals surface area contributed by atoms with Crippen molar-refractivity contribution in [3.63, 3.8) is 0 Å². The first-order valence-corrected chi connectivity index (χ1v) is 10.2. The predicted octanol–water partition coefficient (Wildman–Crippen LogP) is 6.89. The van der Waals surface area contributed by atoms with Crippen molar-refractivity contribution in [1.29, 1.82) is 0 Å². The van der Waals surface area contributed by atoms with E-state index < -0.39 is 5.97 Å². The number of carboxylic acid groups (broad SMARTS) is 1. The highest BCUT2D eigenvalue weighted by atomic mass is 16.4. The summed E-state index contributed by atoms with van der Waals surface area (Å²) in [4.78, 5) is 11.1. The van der Waals surface area contributed by atoms with Gasteiger partial charge in [-0.25, -0.2) is 0 Å². The minimum Gasteiger partial charge on any atom is -0.481 e. The lowest BCUT2D eigenvalue weighted by atomic mass is 10.1. The molecule has 1 N–H and O–H groups in total. The van der Waals surface area contributed by atoms with Gasteiger partial charge in [0.05, 0.1) is 23.5 Å². The molecule has 4 aromatic rings. The Morgan fingerprint density at radius 3 is 2.10 bits per heavy atom. The van der Waals surface area contributed by atoms with Crippen molar-refractivity contribution >= 4 is 17.3 Å². The number of rotatable bonds is 7. The second kappa shape index (κ2) is 9.22. The van der Waals surface area contributed by atoms with Crippen LogP contribution in [0.5, 0.6) is 0 Å². The monoisotopic (exact) mass is 409 g/mol. The summed E-state index contributed by atoms with van der Waals surface area (Å²) in [6.07, 6.45) is 0.539. The molecular weight excluding hydrogens is 386 g/mol. The number of azo groups is 1. The molecule has 5 nitrogen and oxygen atoms in total. The Kier molecular flexibility index (Phi) is 6.03. The van der Waals surface area contributed by atoms with Crippen LogP contribution in [0.2, 0.25) is 0 Å². The van der Waals surface area contributed by atoms with E-state index in [1.54, 1.807) is 0 Å². The number of carboxylic acids is 1. The van der Waals surface area contributed by atoms with Crippen LogP contribution in [-0.4, -0.2) is 15.6 Å². The number of benzene rings is 3. The summed E-state index contributed by atoms with van der Waals surface area (Å²) in [5.41, 5.74) is 6.77. The van der Waals surface area contributed by atoms with Crippen LogP contribution in [0.3, 0.4) is 0 Å². The zero-order chi connectivity index (χ0) is 21.6. The van der Waals surface area contributed by atoms with Crippen LogP contribution in [0.15, 0.2) is 101 Å². The van der Waals surface area contributed by atoms with Crippen LogP contribution in [0.4, 0.5) is 11.4 Å². The molecule has 0 spiro atoms. The molecule has 0 amide bonds. The molecule has 0 aliphatic carbocycles. The van der Waals surface area contributed by atoms with Gasteiger partial charge in [0.2, 0.25) is 0 Å². The summed E-state index contributed by atoms with van der Waals surface area (Å²) in [5, 5.41) is 17.7. The van der Waals surface area contributed by atoms with E-state index >= 15 is 0 Å². The largest absolute Gasteiger partial charge is 0.481 e. The summed E-state index contributed by atoms with van der Waals surface area (Å²) in [6.45, 7) is 2.06. The molecule has 0 radical (unpaired) electrons. The lowest BCUT2D eigenvalue weighted by Crippen LogP contribution is -2.05. The number of aryl methyl sites for hydroxylation is 2. The zero-order valence-electron chi connectivity index (χ0n) is 17.3. The van der Waals surface area contributed by atoms with Gasteiger partial charge in [0.15, 0.2) is 0 Å². The van der Waals surface area contributed by atoms with Crippen molar-refractivity contribution in [1.82, 2.24) is 4.57 Å². The number of hydrogen-bond donors (Lipinski definition) is 1. The van der Waals surface area contributed by atoms with Crippen LogP contribution < -0.4 is 0 Å². The second-order valence-corrected chi connectivity index (χ2v) is 7.36. The number of hydrogen-bond acceptors (Lipinski definition) is 3. The van der Waals surface area contributed by atoms with E-state index in [1.165, 1.54) is 5.56 Å². The average molecular weight is 409 g/mol. The van der Waals surface area contributed by atoms with Crippen LogP contribution in [0, 0.1) is 6.92 Å². The molecule has 0 bridgehead atoms. The Balaban J connectivity index is 1.68. The quantitative estimate of drug-likeness (QED) is 0.338.